The number of hydrogen-bond acceptors (Lipinski definition) is 10. The molecule has 0 spiro atoms. The van der Waals surface area contributed by atoms with Crippen LogP contribution in [0.1, 0.15) is 193 Å². The van der Waals surface area contributed by atoms with Gasteiger partial charge in [0, 0.05) is 12.8 Å². The van der Waals surface area contributed by atoms with Gasteiger partial charge in [0.1, 0.15) is 31.0 Å². The monoisotopic (exact) mass is 783 g/mol. The SMILES string of the molecule is C=CCCCCCCCCCCCCCCCC(=O)OC[C@@H](CO[C@H]1O[C@@H](CO)[C@@H](O)C(O)C1O)OC(=O)CC/C=C/CCCCCCCCCCCCC. The molecule has 322 valence electrons. The van der Waals surface area contributed by atoms with Crippen molar-refractivity contribution in [3.05, 3.63) is 24.8 Å². The smallest absolute Gasteiger partial charge is 0.306 e. The quantitative estimate of drug-likeness (QED) is 0.0271. The summed E-state index contributed by atoms with van der Waals surface area (Å²) in [5.41, 5.74) is 0. The van der Waals surface area contributed by atoms with Crippen LogP contribution in [0.3, 0.4) is 0 Å². The molecule has 0 amide bonds. The van der Waals surface area contributed by atoms with Crippen molar-refractivity contribution >= 4 is 11.9 Å². The molecule has 4 N–H and O–H groups in total. The van der Waals surface area contributed by atoms with Crippen LogP contribution in [-0.2, 0) is 28.5 Å². The van der Waals surface area contributed by atoms with Crippen LogP contribution in [0.5, 0.6) is 0 Å². The molecule has 0 bridgehead atoms. The molecular weight excluding hydrogens is 700 g/mol. The molecule has 0 radical (unpaired) electrons. The summed E-state index contributed by atoms with van der Waals surface area (Å²) in [5, 5.41) is 40.0. The first kappa shape index (κ1) is 51.2. The van der Waals surface area contributed by atoms with Gasteiger partial charge in [-0.2, -0.15) is 0 Å². The Morgan fingerprint density at radius 3 is 1.62 bits per heavy atom. The number of rotatable bonds is 38. The second-order valence-corrected chi connectivity index (χ2v) is 15.6. The molecule has 0 aliphatic carbocycles. The molecule has 0 aromatic carbocycles. The van der Waals surface area contributed by atoms with Crippen molar-refractivity contribution in [1.82, 2.24) is 0 Å². The van der Waals surface area contributed by atoms with Crippen LogP contribution < -0.4 is 0 Å². The molecule has 1 saturated heterocycles. The average Bonchev–Trinajstić information content (AvgIpc) is 3.18. The normalized spacial score (nSPS) is 20.5. The standard InChI is InChI=1S/C45H82O10/c1-3-5-7-9-11-13-15-17-19-21-23-25-27-29-31-33-40(47)52-36-38(37-53-45-44(51)43(50)42(49)39(35-46)55-45)54-41(48)34-32-30-28-26-24-22-20-18-16-14-12-10-8-6-4-2/h3,28,30,38-39,42-46,49-51H,1,4-27,29,31-37H2,2H3/b30-28+/t38-,39-,42+,43?,44?,45-/m0/s1. The zero-order valence-electron chi connectivity index (χ0n) is 34.8. The van der Waals surface area contributed by atoms with Crippen molar-refractivity contribution in [2.24, 2.45) is 0 Å². The van der Waals surface area contributed by atoms with Crippen molar-refractivity contribution in [2.75, 3.05) is 19.8 Å². The van der Waals surface area contributed by atoms with E-state index in [4.69, 9.17) is 18.9 Å². The zero-order chi connectivity index (χ0) is 40.2. The fourth-order valence-electron chi connectivity index (χ4n) is 6.89. The molecule has 2 unspecified atom stereocenters. The Labute approximate surface area is 334 Å². The highest BCUT2D eigenvalue weighted by Gasteiger charge is 2.44. The van der Waals surface area contributed by atoms with Crippen LogP contribution in [0.4, 0.5) is 0 Å². The Hall–Kier alpha value is -1.82. The minimum absolute atomic E-state index is 0.148. The molecular formula is C45H82O10. The molecule has 1 aliphatic rings. The number of hydrogen-bond donors (Lipinski definition) is 4. The van der Waals surface area contributed by atoms with Gasteiger partial charge in [0.25, 0.3) is 0 Å². The molecule has 0 aromatic heterocycles. The van der Waals surface area contributed by atoms with Gasteiger partial charge in [-0.1, -0.05) is 160 Å². The van der Waals surface area contributed by atoms with Gasteiger partial charge >= 0.3 is 11.9 Å². The van der Waals surface area contributed by atoms with Crippen LogP contribution in [0.15, 0.2) is 24.8 Å². The number of carbonyl (C=O) groups is 2. The Morgan fingerprint density at radius 2 is 1.09 bits per heavy atom. The van der Waals surface area contributed by atoms with Gasteiger partial charge in [-0.3, -0.25) is 9.59 Å². The summed E-state index contributed by atoms with van der Waals surface area (Å²) in [7, 11) is 0. The maximum atomic E-state index is 12.7. The van der Waals surface area contributed by atoms with E-state index in [0.29, 0.717) is 6.42 Å². The maximum absolute atomic E-state index is 12.7. The highest BCUT2D eigenvalue weighted by atomic mass is 16.7. The van der Waals surface area contributed by atoms with E-state index in [1.54, 1.807) is 0 Å². The zero-order valence-corrected chi connectivity index (χ0v) is 34.8. The third-order valence-electron chi connectivity index (χ3n) is 10.5. The number of unbranched alkanes of at least 4 members (excludes halogenated alkanes) is 24. The Balaban J connectivity index is 2.34. The van der Waals surface area contributed by atoms with E-state index >= 15 is 0 Å². The lowest BCUT2D eigenvalue weighted by Crippen LogP contribution is -2.59. The highest BCUT2D eigenvalue weighted by molar-refractivity contribution is 5.70. The van der Waals surface area contributed by atoms with Gasteiger partial charge in [-0.15, -0.1) is 6.58 Å². The van der Waals surface area contributed by atoms with Gasteiger partial charge in [0.05, 0.1) is 13.2 Å². The predicted molar refractivity (Wildman–Crippen MR) is 219 cm³/mol. The molecule has 10 heteroatoms. The summed E-state index contributed by atoms with van der Waals surface area (Å²) < 4.78 is 22.1. The van der Waals surface area contributed by atoms with E-state index in [1.165, 1.54) is 128 Å². The van der Waals surface area contributed by atoms with E-state index in [2.05, 4.69) is 19.6 Å². The highest BCUT2D eigenvalue weighted by Crippen LogP contribution is 2.23. The number of aliphatic hydroxyl groups is 4. The van der Waals surface area contributed by atoms with E-state index in [9.17, 15) is 30.0 Å². The van der Waals surface area contributed by atoms with Gasteiger partial charge < -0.3 is 39.4 Å². The lowest BCUT2D eigenvalue weighted by Gasteiger charge is -2.39. The van der Waals surface area contributed by atoms with Gasteiger partial charge in [-0.05, 0) is 38.5 Å². The van der Waals surface area contributed by atoms with Gasteiger partial charge in [-0.25, -0.2) is 0 Å². The fourth-order valence-corrected chi connectivity index (χ4v) is 6.89. The Bertz CT molecular complexity index is 941. The second kappa shape index (κ2) is 36.5. The molecule has 55 heavy (non-hydrogen) atoms. The van der Waals surface area contributed by atoms with Crippen LogP contribution in [-0.4, -0.2) is 89.0 Å². The number of carbonyl (C=O) groups excluding carboxylic acids is 2. The molecule has 1 aliphatic heterocycles. The van der Waals surface area contributed by atoms with Crippen molar-refractivity contribution < 1.29 is 49.0 Å². The first-order chi connectivity index (χ1) is 26.8. The lowest BCUT2D eigenvalue weighted by molar-refractivity contribution is -0.305. The van der Waals surface area contributed by atoms with Crippen LogP contribution in [0, 0.1) is 0 Å². The minimum atomic E-state index is -1.60. The molecule has 0 saturated carbocycles. The molecule has 1 rings (SSSR count). The van der Waals surface area contributed by atoms with Crippen molar-refractivity contribution in [3.8, 4) is 0 Å². The average molecular weight is 783 g/mol. The number of aliphatic hydroxyl groups excluding tert-OH is 4. The first-order valence-corrected chi connectivity index (χ1v) is 22.4. The molecule has 10 nitrogen and oxygen atoms in total. The summed E-state index contributed by atoms with van der Waals surface area (Å²) in [6, 6.07) is 0. The summed E-state index contributed by atoms with van der Waals surface area (Å²) in [4.78, 5) is 25.3. The van der Waals surface area contributed by atoms with Gasteiger partial charge in [0.2, 0.25) is 0 Å². The van der Waals surface area contributed by atoms with Crippen LogP contribution >= 0.6 is 0 Å². The summed E-state index contributed by atoms with van der Waals surface area (Å²) >= 11 is 0. The summed E-state index contributed by atoms with van der Waals surface area (Å²) in [6.45, 7) is 4.92. The number of allylic oxidation sites excluding steroid dienone is 3. The topological polar surface area (TPSA) is 152 Å². The summed E-state index contributed by atoms with van der Waals surface area (Å²) in [6.07, 6.45) is 30.9. The minimum Gasteiger partial charge on any atom is -0.462 e. The molecule has 0 aromatic rings. The van der Waals surface area contributed by atoms with Crippen molar-refractivity contribution in [1.29, 1.82) is 0 Å². The van der Waals surface area contributed by atoms with Gasteiger partial charge in [0.15, 0.2) is 12.4 Å². The number of ether oxygens (including phenoxy) is 4. The first-order valence-electron chi connectivity index (χ1n) is 22.4. The lowest BCUT2D eigenvalue weighted by atomic mass is 9.99. The Morgan fingerprint density at radius 1 is 0.600 bits per heavy atom. The van der Waals surface area contributed by atoms with E-state index in [1.807, 2.05) is 12.2 Å². The number of esters is 2. The largest absolute Gasteiger partial charge is 0.462 e. The fraction of sp³-hybridized carbons (Fsp3) is 0.867. The molecule has 6 atom stereocenters. The third-order valence-corrected chi connectivity index (χ3v) is 10.5. The van der Waals surface area contributed by atoms with Crippen molar-refractivity contribution in [2.45, 2.75) is 230 Å². The van der Waals surface area contributed by atoms with Crippen LogP contribution in [0.25, 0.3) is 0 Å². The Kier molecular flexibility index (Phi) is 34.0. The van der Waals surface area contributed by atoms with Crippen molar-refractivity contribution in [3.63, 3.8) is 0 Å². The summed E-state index contributed by atoms with van der Waals surface area (Å²) in [5.74, 6) is -0.860. The predicted octanol–water partition coefficient (Wildman–Crippen LogP) is 9.33. The third kappa shape index (κ3) is 28.3. The second-order valence-electron chi connectivity index (χ2n) is 15.6. The van der Waals surface area contributed by atoms with Crippen LogP contribution in [0.2, 0.25) is 0 Å². The van der Waals surface area contributed by atoms with E-state index in [0.717, 1.165) is 38.5 Å². The molecule has 1 heterocycles. The van der Waals surface area contributed by atoms with E-state index < -0.39 is 49.4 Å². The maximum Gasteiger partial charge on any atom is 0.306 e. The molecule has 1 fully saturated rings. The van der Waals surface area contributed by atoms with E-state index in [-0.39, 0.29) is 32.0 Å².